The average molecular weight is 327 g/mol. The number of aliphatic carboxylic acids is 1. The highest BCUT2D eigenvalue weighted by molar-refractivity contribution is 5.92. The van der Waals surface area contributed by atoms with Crippen molar-refractivity contribution in [2.75, 3.05) is 0 Å². The van der Waals surface area contributed by atoms with Crippen LogP contribution in [0.4, 0.5) is 0 Å². The zero-order chi connectivity index (χ0) is 17.5. The summed E-state index contributed by atoms with van der Waals surface area (Å²) in [5, 5.41) is 12.7. The van der Waals surface area contributed by atoms with Gasteiger partial charge >= 0.3 is 5.97 Å². The summed E-state index contributed by atoms with van der Waals surface area (Å²) in [7, 11) is 2.06. The summed E-state index contributed by atoms with van der Waals surface area (Å²) in [5.41, 5.74) is 3.15. The second-order valence-corrected chi connectivity index (χ2v) is 7.11. The molecule has 3 rings (SSSR count). The molecule has 1 heterocycles. The molecule has 0 spiro atoms. The molecule has 0 amide bonds. The zero-order valence-corrected chi connectivity index (χ0v) is 14.8. The largest absolute Gasteiger partial charge is 0.478 e. The fraction of sp³-hybridized carbons (Fsp3) is 0.474. The van der Waals surface area contributed by atoms with Crippen LogP contribution in [0.2, 0.25) is 0 Å². The van der Waals surface area contributed by atoms with Crippen LogP contribution in [0, 0.1) is 0 Å². The third-order valence-corrected chi connectivity index (χ3v) is 4.83. The van der Waals surface area contributed by atoms with Crippen molar-refractivity contribution in [2.45, 2.75) is 51.6 Å². The lowest BCUT2D eigenvalue weighted by Crippen LogP contribution is -2.52. The number of hydrogen-bond acceptors (Lipinski definition) is 3. The summed E-state index contributed by atoms with van der Waals surface area (Å²) < 4.78 is 2.17. The van der Waals surface area contributed by atoms with Gasteiger partial charge in [0.15, 0.2) is 0 Å². The van der Waals surface area contributed by atoms with E-state index in [0.29, 0.717) is 11.6 Å². The van der Waals surface area contributed by atoms with Gasteiger partial charge in [-0.05, 0) is 63.8 Å². The number of carboxylic acid groups (broad SMARTS) is 1. The third kappa shape index (κ3) is 2.84. The molecule has 5 heteroatoms. The lowest BCUT2D eigenvalue weighted by Gasteiger charge is -2.43. The molecular weight excluding hydrogens is 302 g/mol. The molecule has 0 aliphatic heterocycles. The molecule has 5 nitrogen and oxygen atoms in total. The smallest absolute Gasteiger partial charge is 0.331 e. The van der Waals surface area contributed by atoms with E-state index in [-0.39, 0.29) is 5.54 Å². The van der Waals surface area contributed by atoms with Crippen LogP contribution in [0.15, 0.2) is 23.8 Å². The van der Waals surface area contributed by atoms with Gasteiger partial charge in [0.25, 0.3) is 0 Å². The van der Waals surface area contributed by atoms with Crippen LogP contribution in [-0.2, 0) is 17.4 Å². The van der Waals surface area contributed by atoms with Gasteiger partial charge in [0.1, 0.15) is 5.82 Å². The zero-order valence-electron chi connectivity index (χ0n) is 14.8. The van der Waals surface area contributed by atoms with E-state index in [1.54, 1.807) is 13.0 Å². The van der Waals surface area contributed by atoms with Gasteiger partial charge in [-0.1, -0.05) is 6.07 Å². The van der Waals surface area contributed by atoms with Gasteiger partial charge in [-0.25, -0.2) is 9.78 Å². The first-order valence-electron chi connectivity index (χ1n) is 8.49. The lowest BCUT2D eigenvalue weighted by atomic mass is 9.75. The molecule has 0 unspecified atom stereocenters. The maximum absolute atomic E-state index is 11.0. The number of aryl methyl sites for hydroxylation is 1. The van der Waals surface area contributed by atoms with Crippen molar-refractivity contribution in [2.24, 2.45) is 7.05 Å². The maximum atomic E-state index is 11.0. The lowest BCUT2D eigenvalue weighted by molar-refractivity contribution is -0.132. The molecule has 1 fully saturated rings. The van der Waals surface area contributed by atoms with Crippen LogP contribution in [0.25, 0.3) is 17.1 Å². The van der Waals surface area contributed by atoms with E-state index in [4.69, 9.17) is 10.1 Å². The Balaban J connectivity index is 2.04. The number of carbonyl (C=O) groups is 1. The van der Waals surface area contributed by atoms with Crippen molar-refractivity contribution < 1.29 is 9.90 Å². The number of fused-ring (bicyclic) bond motifs is 1. The average Bonchev–Trinajstić information content (AvgIpc) is 2.79. The number of aromatic nitrogens is 2. The second kappa shape index (κ2) is 6.06. The van der Waals surface area contributed by atoms with E-state index in [0.717, 1.165) is 35.3 Å². The Morgan fingerprint density at radius 1 is 1.42 bits per heavy atom. The van der Waals surface area contributed by atoms with Crippen LogP contribution in [0.3, 0.4) is 0 Å². The van der Waals surface area contributed by atoms with Crippen molar-refractivity contribution in [1.82, 2.24) is 14.9 Å². The number of nitrogens with one attached hydrogen (secondary N) is 1. The minimum Gasteiger partial charge on any atom is -0.478 e. The van der Waals surface area contributed by atoms with Crippen molar-refractivity contribution in [3.05, 3.63) is 35.2 Å². The molecule has 24 heavy (non-hydrogen) atoms. The Morgan fingerprint density at radius 2 is 2.12 bits per heavy atom. The number of rotatable bonds is 5. The second-order valence-electron chi connectivity index (χ2n) is 7.11. The molecule has 0 atom stereocenters. The predicted molar refractivity (Wildman–Crippen MR) is 95.8 cm³/mol. The van der Waals surface area contributed by atoms with Crippen LogP contribution in [0.1, 0.15) is 51.4 Å². The third-order valence-electron chi connectivity index (χ3n) is 4.83. The van der Waals surface area contributed by atoms with Crippen LogP contribution in [-0.4, -0.2) is 26.7 Å². The van der Waals surface area contributed by atoms with E-state index in [1.165, 1.54) is 6.42 Å². The van der Waals surface area contributed by atoms with E-state index in [9.17, 15) is 4.79 Å². The quantitative estimate of drug-likeness (QED) is 0.826. The van der Waals surface area contributed by atoms with Crippen molar-refractivity contribution in [3.63, 3.8) is 0 Å². The SMILES string of the molecule is C/C(=C\c1ccc2c(c1)nc(C1(NC(C)C)CCC1)n2C)C(=O)O. The predicted octanol–water partition coefficient (Wildman–Crippen LogP) is 3.44. The highest BCUT2D eigenvalue weighted by Gasteiger charge is 2.42. The summed E-state index contributed by atoms with van der Waals surface area (Å²) >= 11 is 0. The minimum absolute atomic E-state index is 0.0328. The standard InChI is InChI=1S/C19H25N3O2/c1-12(2)21-19(8-5-9-19)18-20-15-11-14(10-13(3)17(23)24)6-7-16(15)22(18)4/h6-7,10-12,21H,5,8-9H2,1-4H3,(H,23,24)/b13-10+. The van der Waals surface area contributed by atoms with Gasteiger partial charge in [-0.15, -0.1) is 0 Å². The molecule has 0 radical (unpaired) electrons. The van der Waals surface area contributed by atoms with E-state index < -0.39 is 5.97 Å². The molecule has 1 aliphatic carbocycles. The number of benzene rings is 1. The minimum atomic E-state index is -0.897. The van der Waals surface area contributed by atoms with E-state index in [1.807, 2.05) is 18.2 Å². The number of hydrogen-bond donors (Lipinski definition) is 2. The van der Waals surface area contributed by atoms with Crippen molar-refractivity contribution >= 4 is 23.1 Å². The topological polar surface area (TPSA) is 67.2 Å². The van der Waals surface area contributed by atoms with Crippen LogP contribution < -0.4 is 5.32 Å². The summed E-state index contributed by atoms with van der Waals surface area (Å²) in [5.74, 6) is 0.180. The molecule has 1 saturated carbocycles. The van der Waals surface area contributed by atoms with Crippen LogP contribution in [0.5, 0.6) is 0 Å². The molecule has 2 N–H and O–H groups in total. The normalized spacial score (nSPS) is 17.3. The van der Waals surface area contributed by atoms with Gasteiger partial charge in [0.05, 0.1) is 16.6 Å². The Labute approximate surface area is 142 Å². The molecular formula is C19H25N3O2. The summed E-state index contributed by atoms with van der Waals surface area (Å²) in [6.45, 7) is 5.94. The Kier molecular flexibility index (Phi) is 4.22. The molecule has 1 aromatic carbocycles. The summed E-state index contributed by atoms with van der Waals surface area (Å²) in [6, 6.07) is 6.34. The number of nitrogens with zero attached hydrogens (tertiary/aromatic N) is 2. The molecule has 0 bridgehead atoms. The summed E-state index contributed by atoms with van der Waals surface area (Å²) in [4.78, 5) is 15.9. The van der Waals surface area contributed by atoms with Crippen molar-refractivity contribution in [1.29, 1.82) is 0 Å². The Hall–Kier alpha value is -2.14. The number of imidazole rings is 1. The first-order chi connectivity index (χ1) is 11.3. The monoisotopic (exact) mass is 327 g/mol. The van der Waals surface area contributed by atoms with Gasteiger partial charge in [0, 0.05) is 18.7 Å². The molecule has 2 aromatic rings. The maximum Gasteiger partial charge on any atom is 0.331 e. The van der Waals surface area contributed by atoms with Gasteiger partial charge in [0.2, 0.25) is 0 Å². The Bertz CT molecular complexity index is 813. The highest BCUT2D eigenvalue weighted by atomic mass is 16.4. The first kappa shape index (κ1) is 16.7. The van der Waals surface area contributed by atoms with Gasteiger partial charge in [-0.3, -0.25) is 0 Å². The molecule has 1 aromatic heterocycles. The molecule has 0 saturated heterocycles. The van der Waals surface area contributed by atoms with Gasteiger partial charge in [-0.2, -0.15) is 0 Å². The fourth-order valence-electron chi connectivity index (χ4n) is 3.56. The number of carboxylic acids is 1. The fourth-order valence-corrected chi connectivity index (χ4v) is 3.56. The van der Waals surface area contributed by atoms with E-state index in [2.05, 4.69) is 30.8 Å². The van der Waals surface area contributed by atoms with Crippen LogP contribution >= 0.6 is 0 Å². The van der Waals surface area contributed by atoms with Gasteiger partial charge < -0.3 is 15.0 Å². The Morgan fingerprint density at radius 3 is 2.67 bits per heavy atom. The van der Waals surface area contributed by atoms with E-state index >= 15 is 0 Å². The molecule has 128 valence electrons. The molecule has 1 aliphatic rings. The van der Waals surface area contributed by atoms with Crippen molar-refractivity contribution in [3.8, 4) is 0 Å². The summed E-state index contributed by atoms with van der Waals surface area (Å²) in [6.07, 6.45) is 5.11. The first-order valence-corrected chi connectivity index (χ1v) is 8.49. The highest BCUT2D eigenvalue weighted by Crippen LogP contribution is 2.42.